The van der Waals surface area contributed by atoms with Gasteiger partial charge in [-0.25, -0.2) is 4.39 Å². The molecule has 0 saturated carbocycles. The molecule has 2 aromatic carbocycles. The summed E-state index contributed by atoms with van der Waals surface area (Å²) < 4.78 is 19.3. The van der Waals surface area contributed by atoms with Gasteiger partial charge < -0.3 is 15.2 Å². The van der Waals surface area contributed by atoms with Crippen molar-refractivity contribution in [3.05, 3.63) is 57.8 Å². The van der Waals surface area contributed by atoms with Crippen LogP contribution in [0.3, 0.4) is 0 Å². The summed E-state index contributed by atoms with van der Waals surface area (Å²) in [5.74, 6) is -1.20. The number of halogens is 2. The van der Waals surface area contributed by atoms with Gasteiger partial charge in [0.05, 0.1) is 16.8 Å². The van der Waals surface area contributed by atoms with Crippen molar-refractivity contribution in [3.63, 3.8) is 0 Å². The molecule has 0 aliphatic rings. The van der Waals surface area contributed by atoms with Crippen LogP contribution in [-0.4, -0.2) is 17.6 Å². The van der Waals surface area contributed by atoms with E-state index >= 15 is 0 Å². The first-order valence-corrected chi connectivity index (χ1v) is 8.08. The van der Waals surface area contributed by atoms with Gasteiger partial charge in [0.1, 0.15) is 17.5 Å². The smallest absolute Gasteiger partial charge is 0.266 e. The quantitative estimate of drug-likeness (QED) is 0.576. The number of amides is 1. The number of rotatable bonds is 5. The summed E-state index contributed by atoms with van der Waals surface area (Å²) in [7, 11) is 0. The fourth-order valence-corrected chi connectivity index (χ4v) is 2.47. The van der Waals surface area contributed by atoms with Crippen LogP contribution in [0, 0.1) is 17.1 Å². The van der Waals surface area contributed by atoms with Crippen molar-refractivity contribution in [2.45, 2.75) is 6.92 Å². The number of aromatic hydroxyl groups is 1. The molecule has 7 heteroatoms. The second-order valence-corrected chi connectivity index (χ2v) is 5.74. The second kappa shape index (κ2) is 8.31. The number of hydrogen-bond acceptors (Lipinski definition) is 4. The van der Waals surface area contributed by atoms with Gasteiger partial charge in [-0.3, -0.25) is 4.79 Å². The number of carbonyl (C=O) groups excluding carboxylic acids is 1. The number of carbonyl (C=O) groups is 1. The van der Waals surface area contributed by atoms with Crippen LogP contribution < -0.4 is 10.1 Å². The highest BCUT2D eigenvalue weighted by Gasteiger charge is 2.14. The normalized spacial score (nSPS) is 10.9. The van der Waals surface area contributed by atoms with Crippen LogP contribution in [-0.2, 0) is 4.79 Å². The zero-order valence-electron chi connectivity index (χ0n) is 13.2. The lowest BCUT2D eigenvalue weighted by atomic mass is 10.1. The number of hydrogen-bond donors (Lipinski definition) is 2. The van der Waals surface area contributed by atoms with E-state index < -0.39 is 11.7 Å². The van der Waals surface area contributed by atoms with Crippen LogP contribution >= 0.6 is 15.9 Å². The fraction of sp³-hybridized carbons (Fsp3) is 0.111. The Morgan fingerprint density at radius 1 is 1.44 bits per heavy atom. The molecule has 0 aliphatic carbocycles. The standard InChI is InChI=1S/C18H14BrFN2O3/c1-2-25-16-9-11(8-13(19)17(16)23)7-12(10-21)18(24)22-15-6-4-3-5-14(15)20/h3-9,23H,2H2,1H3,(H,22,24). The minimum atomic E-state index is -0.741. The van der Waals surface area contributed by atoms with Gasteiger partial charge in [0.2, 0.25) is 0 Å². The maximum absolute atomic E-state index is 13.6. The van der Waals surface area contributed by atoms with Gasteiger partial charge in [-0.15, -0.1) is 0 Å². The van der Waals surface area contributed by atoms with E-state index in [2.05, 4.69) is 21.2 Å². The van der Waals surface area contributed by atoms with E-state index in [9.17, 15) is 19.6 Å². The van der Waals surface area contributed by atoms with E-state index in [-0.39, 0.29) is 22.8 Å². The lowest BCUT2D eigenvalue weighted by molar-refractivity contribution is -0.112. The summed E-state index contributed by atoms with van der Waals surface area (Å²) in [5.41, 5.74) is 0.229. The average Bonchev–Trinajstić information content (AvgIpc) is 2.59. The molecular formula is C18H14BrFN2O3. The molecule has 128 valence electrons. The molecule has 25 heavy (non-hydrogen) atoms. The van der Waals surface area contributed by atoms with Gasteiger partial charge in [-0.1, -0.05) is 12.1 Å². The molecule has 0 aliphatic heterocycles. The van der Waals surface area contributed by atoms with Gasteiger partial charge in [0, 0.05) is 0 Å². The topological polar surface area (TPSA) is 82.3 Å². The second-order valence-electron chi connectivity index (χ2n) is 4.89. The Morgan fingerprint density at radius 3 is 2.80 bits per heavy atom. The van der Waals surface area contributed by atoms with Crippen molar-refractivity contribution >= 4 is 33.6 Å². The molecule has 2 rings (SSSR count). The Labute approximate surface area is 152 Å². The van der Waals surface area contributed by atoms with Gasteiger partial charge in [-0.2, -0.15) is 5.26 Å². The molecule has 0 radical (unpaired) electrons. The Morgan fingerprint density at radius 2 is 2.16 bits per heavy atom. The number of nitriles is 1. The molecular weight excluding hydrogens is 391 g/mol. The average molecular weight is 405 g/mol. The zero-order valence-corrected chi connectivity index (χ0v) is 14.8. The molecule has 1 amide bonds. The number of ether oxygens (including phenoxy) is 1. The Balaban J connectivity index is 2.32. The van der Waals surface area contributed by atoms with E-state index in [4.69, 9.17) is 4.74 Å². The highest BCUT2D eigenvalue weighted by molar-refractivity contribution is 9.10. The number of benzene rings is 2. The summed E-state index contributed by atoms with van der Waals surface area (Å²) in [6.07, 6.45) is 1.32. The van der Waals surface area contributed by atoms with Gasteiger partial charge >= 0.3 is 0 Å². The molecule has 2 aromatic rings. The predicted octanol–water partition coefficient (Wildman–Crippen LogP) is 4.24. The van der Waals surface area contributed by atoms with E-state index in [0.29, 0.717) is 16.6 Å². The zero-order chi connectivity index (χ0) is 18.4. The minimum absolute atomic E-state index is 0.0180. The van der Waals surface area contributed by atoms with E-state index in [1.807, 2.05) is 0 Å². The first-order valence-electron chi connectivity index (χ1n) is 7.29. The van der Waals surface area contributed by atoms with E-state index in [0.717, 1.165) is 0 Å². The minimum Gasteiger partial charge on any atom is -0.503 e. The van der Waals surface area contributed by atoms with Gasteiger partial charge in [0.15, 0.2) is 11.5 Å². The largest absolute Gasteiger partial charge is 0.503 e. The Hall–Kier alpha value is -2.85. The van der Waals surface area contributed by atoms with Crippen molar-refractivity contribution in [3.8, 4) is 17.6 Å². The lowest BCUT2D eigenvalue weighted by Gasteiger charge is -2.09. The van der Waals surface area contributed by atoms with Crippen molar-refractivity contribution in [2.24, 2.45) is 0 Å². The third-order valence-corrected chi connectivity index (χ3v) is 3.75. The summed E-state index contributed by atoms with van der Waals surface area (Å²) in [4.78, 5) is 12.2. The van der Waals surface area contributed by atoms with Gasteiger partial charge in [-0.05, 0) is 58.8 Å². The molecule has 0 spiro atoms. The van der Waals surface area contributed by atoms with Crippen LogP contribution in [0.15, 0.2) is 46.4 Å². The molecule has 0 atom stereocenters. The SMILES string of the molecule is CCOc1cc(C=C(C#N)C(=O)Nc2ccccc2F)cc(Br)c1O. The van der Waals surface area contributed by atoms with Crippen LogP contribution in [0.1, 0.15) is 12.5 Å². The van der Waals surface area contributed by atoms with Crippen LogP contribution in [0.5, 0.6) is 11.5 Å². The van der Waals surface area contributed by atoms with Gasteiger partial charge in [0.25, 0.3) is 5.91 Å². The van der Waals surface area contributed by atoms with Crippen molar-refractivity contribution in [2.75, 3.05) is 11.9 Å². The molecule has 0 bridgehead atoms. The fourth-order valence-electron chi connectivity index (χ4n) is 2.01. The number of nitrogens with one attached hydrogen (secondary N) is 1. The molecule has 0 aromatic heterocycles. The third kappa shape index (κ3) is 4.58. The first kappa shape index (κ1) is 18.5. The number of phenolic OH excluding ortho intramolecular Hbond substituents is 1. The van der Waals surface area contributed by atoms with Crippen molar-refractivity contribution in [1.29, 1.82) is 5.26 Å². The molecule has 0 unspecified atom stereocenters. The summed E-state index contributed by atoms with van der Waals surface area (Å²) >= 11 is 3.19. The van der Waals surface area contributed by atoms with E-state index in [1.165, 1.54) is 36.4 Å². The van der Waals surface area contributed by atoms with Crippen LogP contribution in [0.25, 0.3) is 6.08 Å². The number of para-hydroxylation sites is 1. The monoisotopic (exact) mass is 404 g/mol. The number of nitrogens with zero attached hydrogens (tertiary/aromatic N) is 1. The number of anilines is 1. The Bertz CT molecular complexity index is 875. The predicted molar refractivity (Wildman–Crippen MR) is 95.6 cm³/mol. The Kier molecular flexibility index (Phi) is 6.14. The highest BCUT2D eigenvalue weighted by atomic mass is 79.9. The van der Waals surface area contributed by atoms with E-state index in [1.54, 1.807) is 19.1 Å². The summed E-state index contributed by atoms with van der Waals surface area (Å²) in [6, 6.07) is 10.5. The molecule has 0 fully saturated rings. The summed E-state index contributed by atoms with van der Waals surface area (Å²) in [6.45, 7) is 2.10. The highest BCUT2D eigenvalue weighted by Crippen LogP contribution is 2.36. The first-order chi connectivity index (χ1) is 12.0. The lowest BCUT2D eigenvalue weighted by Crippen LogP contribution is -2.14. The maximum atomic E-state index is 13.6. The summed E-state index contributed by atoms with van der Waals surface area (Å²) in [5, 5.41) is 21.5. The van der Waals surface area contributed by atoms with Crippen molar-refractivity contribution < 1.29 is 19.0 Å². The molecule has 5 nitrogen and oxygen atoms in total. The molecule has 0 heterocycles. The number of phenols is 1. The van der Waals surface area contributed by atoms with Crippen LogP contribution in [0.2, 0.25) is 0 Å². The molecule has 2 N–H and O–H groups in total. The third-order valence-electron chi connectivity index (χ3n) is 3.15. The van der Waals surface area contributed by atoms with Crippen LogP contribution in [0.4, 0.5) is 10.1 Å². The molecule has 0 saturated heterocycles. The maximum Gasteiger partial charge on any atom is 0.266 e. The van der Waals surface area contributed by atoms with Crippen molar-refractivity contribution in [1.82, 2.24) is 0 Å².